The van der Waals surface area contributed by atoms with Crippen LogP contribution in [0.4, 0.5) is 0 Å². The largest absolute Gasteiger partial charge is 0.481 e. The number of hydrogen-bond acceptors (Lipinski definition) is 7. The summed E-state index contributed by atoms with van der Waals surface area (Å²) in [5.41, 5.74) is 2.08. The number of aromatic nitrogens is 2. The third-order valence-electron chi connectivity index (χ3n) is 2.69. The Labute approximate surface area is 153 Å². The second kappa shape index (κ2) is 10.5. The second-order valence-electron chi connectivity index (χ2n) is 4.48. The van der Waals surface area contributed by atoms with Crippen LogP contribution in [0.2, 0.25) is 0 Å². The first kappa shape index (κ1) is 20.7. The standard InChI is InChI=1S/C14H13N3O4S2.C2H6/c1-8(7-9(14(20)21)5-6-12(18)19)15-22-11-4-2-3-10-13(11)17-23-16-10;1-2/h2-5,7,15H,6H2,1H3,(H,18,19)(H,20,21);1-2H3/b8-7+,9-5+;. The topological polar surface area (TPSA) is 112 Å². The molecular weight excluding hydrogens is 362 g/mol. The number of carbonyl (C=O) groups is 2. The normalized spacial score (nSPS) is 11.6. The fourth-order valence-corrected chi connectivity index (χ4v) is 3.00. The summed E-state index contributed by atoms with van der Waals surface area (Å²) in [6.45, 7) is 5.70. The summed E-state index contributed by atoms with van der Waals surface area (Å²) in [7, 11) is 0. The molecule has 0 aliphatic heterocycles. The Morgan fingerprint density at radius 3 is 2.64 bits per heavy atom. The van der Waals surface area contributed by atoms with Gasteiger partial charge in [0.25, 0.3) is 0 Å². The van der Waals surface area contributed by atoms with Gasteiger partial charge in [0.2, 0.25) is 0 Å². The van der Waals surface area contributed by atoms with Gasteiger partial charge in [0, 0.05) is 5.70 Å². The molecule has 2 rings (SSSR count). The van der Waals surface area contributed by atoms with Crippen LogP contribution in [0.1, 0.15) is 27.2 Å². The number of nitrogens with zero attached hydrogens (tertiary/aromatic N) is 2. The van der Waals surface area contributed by atoms with Gasteiger partial charge in [-0.25, -0.2) is 4.79 Å². The highest BCUT2D eigenvalue weighted by molar-refractivity contribution is 7.97. The van der Waals surface area contributed by atoms with Crippen LogP contribution in [-0.4, -0.2) is 30.9 Å². The van der Waals surface area contributed by atoms with Gasteiger partial charge in [0.05, 0.1) is 28.6 Å². The predicted octanol–water partition coefficient (Wildman–Crippen LogP) is 3.70. The van der Waals surface area contributed by atoms with Gasteiger partial charge in [-0.2, -0.15) is 8.75 Å². The maximum atomic E-state index is 11.1. The number of allylic oxidation sites excluding steroid dienone is 1. The minimum absolute atomic E-state index is 0.0773. The molecule has 1 heterocycles. The Hall–Kier alpha value is -2.39. The van der Waals surface area contributed by atoms with Crippen LogP contribution in [-0.2, 0) is 9.59 Å². The minimum Gasteiger partial charge on any atom is -0.481 e. The van der Waals surface area contributed by atoms with Crippen molar-refractivity contribution in [2.24, 2.45) is 0 Å². The minimum atomic E-state index is -1.18. The molecule has 0 saturated heterocycles. The molecule has 3 N–H and O–H groups in total. The molecule has 0 bridgehead atoms. The zero-order valence-corrected chi connectivity index (χ0v) is 15.6. The van der Waals surface area contributed by atoms with Crippen molar-refractivity contribution in [3.8, 4) is 0 Å². The third-order valence-corrected chi connectivity index (χ3v) is 4.20. The first-order valence-electron chi connectivity index (χ1n) is 7.45. The van der Waals surface area contributed by atoms with E-state index in [9.17, 15) is 9.59 Å². The molecule has 2 aromatic rings. The highest BCUT2D eigenvalue weighted by Crippen LogP contribution is 2.25. The summed E-state index contributed by atoms with van der Waals surface area (Å²) in [5, 5.41) is 17.7. The number of hydrogen-bond donors (Lipinski definition) is 3. The lowest BCUT2D eigenvalue weighted by Crippen LogP contribution is -2.05. The zero-order chi connectivity index (χ0) is 18.8. The number of carboxylic acid groups (broad SMARTS) is 2. The molecule has 7 nitrogen and oxygen atoms in total. The number of aliphatic carboxylic acids is 2. The Kier molecular flexibility index (Phi) is 8.65. The fraction of sp³-hybridized carbons (Fsp3) is 0.250. The molecule has 25 heavy (non-hydrogen) atoms. The van der Waals surface area contributed by atoms with Gasteiger partial charge in [-0.15, -0.1) is 0 Å². The van der Waals surface area contributed by atoms with Crippen molar-refractivity contribution in [1.82, 2.24) is 13.5 Å². The SMILES string of the molecule is C/C(=C\C(=C/CC(=O)O)C(=O)O)NSc1cccc2nsnc12.CC. The van der Waals surface area contributed by atoms with Crippen LogP contribution in [0.5, 0.6) is 0 Å². The number of benzene rings is 1. The lowest BCUT2D eigenvalue weighted by molar-refractivity contribution is -0.136. The summed E-state index contributed by atoms with van der Waals surface area (Å²) in [5.74, 6) is -2.26. The quantitative estimate of drug-likeness (QED) is 0.378. The van der Waals surface area contributed by atoms with E-state index >= 15 is 0 Å². The van der Waals surface area contributed by atoms with E-state index < -0.39 is 11.9 Å². The van der Waals surface area contributed by atoms with E-state index in [4.69, 9.17) is 10.2 Å². The van der Waals surface area contributed by atoms with Gasteiger partial charge < -0.3 is 14.9 Å². The molecule has 0 radical (unpaired) electrons. The highest BCUT2D eigenvalue weighted by Gasteiger charge is 2.08. The van der Waals surface area contributed by atoms with Crippen molar-refractivity contribution < 1.29 is 19.8 Å². The number of carboxylic acids is 2. The Morgan fingerprint density at radius 2 is 2.00 bits per heavy atom. The Balaban J connectivity index is 0.00000151. The number of fused-ring (bicyclic) bond motifs is 1. The lowest BCUT2D eigenvalue weighted by atomic mass is 10.2. The lowest BCUT2D eigenvalue weighted by Gasteiger charge is -2.06. The Bertz CT molecular complexity index is 800. The van der Waals surface area contributed by atoms with Crippen LogP contribution in [0.3, 0.4) is 0 Å². The highest BCUT2D eigenvalue weighted by atomic mass is 32.2. The first-order valence-corrected chi connectivity index (χ1v) is 8.99. The van der Waals surface area contributed by atoms with Crippen LogP contribution in [0.15, 0.2) is 46.5 Å². The van der Waals surface area contributed by atoms with Gasteiger partial charge in [-0.3, -0.25) is 4.79 Å². The maximum absolute atomic E-state index is 11.1. The zero-order valence-electron chi connectivity index (χ0n) is 14.0. The van der Waals surface area contributed by atoms with E-state index in [1.165, 1.54) is 18.0 Å². The molecule has 0 aliphatic carbocycles. The molecule has 0 atom stereocenters. The fourth-order valence-electron chi connectivity index (χ4n) is 1.67. The third kappa shape index (κ3) is 6.55. The summed E-state index contributed by atoms with van der Waals surface area (Å²) in [6, 6.07) is 5.61. The number of rotatable bonds is 7. The van der Waals surface area contributed by atoms with Crippen molar-refractivity contribution >= 4 is 46.6 Å². The monoisotopic (exact) mass is 381 g/mol. The van der Waals surface area contributed by atoms with Gasteiger partial charge >= 0.3 is 11.9 Å². The molecule has 134 valence electrons. The van der Waals surface area contributed by atoms with E-state index in [2.05, 4.69) is 13.5 Å². The first-order chi connectivity index (χ1) is 12.0. The smallest absolute Gasteiger partial charge is 0.335 e. The molecule has 0 aliphatic rings. The summed E-state index contributed by atoms with van der Waals surface area (Å²) >= 11 is 2.42. The van der Waals surface area contributed by atoms with Crippen molar-refractivity contribution in [2.45, 2.75) is 32.1 Å². The van der Waals surface area contributed by atoms with Crippen LogP contribution >= 0.6 is 23.7 Å². The van der Waals surface area contributed by atoms with Crippen molar-refractivity contribution in [1.29, 1.82) is 0 Å². The molecule has 0 unspecified atom stereocenters. The van der Waals surface area contributed by atoms with Gasteiger partial charge in [-0.1, -0.05) is 26.0 Å². The van der Waals surface area contributed by atoms with E-state index in [-0.39, 0.29) is 12.0 Å². The molecule has 9 heteroatoms. The summed E-state index contributed by atoms with van der Waals surface area (Å²) in [4.78, 5) is 22.5. The molecule has 0 saturated carbocycles. The molecule has 1 aromatic carbocycles. The number of nitrogens with one attached hydrogen (secondary N) is 1. The van der Waals surface area contributed by atoms with Crippen molar-refractivity contribution in [2.75, 3.05) is 0 Å². The molecular formula is C16H19N3O4S2. The van der Waals surface area contributed by atoms with E-state index in [0.717, 1.165) is 33.7 Å². The van der Waals surface area contributed by atoms with Crippen LogP contribution < -0.4 is 4.72 Å². The van der Waals surface area contributed by atoms with Gasteiger partial charge in [0.1, 0.15) is 11.0 Å². The second-order valence-corrected chi connectivity index (χ2v) is 5.86. The van der Waals surface area contributed by atoms with Crippen LogP contribution in [0, 0.1) is 0 Å². The maximum Gasteiger partial charge on any atom is 0.335 e. The van der Waals surface area contributed by atoms with Gasteiger partial charge in [0.15, 0.2) is 0 Å². The van der Waals surface area contributed by atoms with E-state index in [0.29, 0.717) is 5.70 Å². The van der Waals surface area contributed by atoms with E-state index in [1.54, 1.807) is 6.92 Å². The molecule has 1 aromatic heterocycles. The van der Waals surface area contributed by atoms with E-state index in [1.807, 2.05) is 32.0 Å². The Morgan fingerprint density at radius 1 is 1.28 bits per heavy atom. The summed E-state index contributed by atoms with van der Waals surface area (Å²) < 4.78 is 11.4. The van der Waals surface area contributed by atoms with Crippen molar-refractivity contribution in [3.63, 3.8) is 0 Å². The van der Waals surface area contributed by atoms with Gasteiger partial charge in [-0.05, 0) is 37.1 Å². The van der Waals surface area contributed by atoms with Crippen LogP contribution in [0.25, 0.3) is 11.0 Å². The summed E-state index contributed by atoms with van der Waals surface area (Å²) in [6.07, 6.45) is 2.20. The predicted molar refractivity (Wildman–Crippen MR) is 99.5 cm³/mol. The molecule has 0 amide bonds. The molecule has 0 spiro atoms. The molecule has 0 fully saturated rings. The average Bonchev–Trinajstić information content (AvgIpc) is 3.07. The average molecular weight is 381 g/mol. The van der Waals surface area contributed by atoms with Crippen molar-refractivity contribution in [3.05, 3.63) is 41.6 Å².